The summed E-state index contributed by atoms with van der Waals surface area (Å²) in [5.74, 6) is 0.544. The van der Waals surface area contributed by atoms with Crippen molar-refractivity contribution in [1.82, 2.24) is 20.4 Å². The minimum Gasteiger partial charge on any atom is -0.349 e. The molecule has 2 N–H and O–H groups in total. The van der Waals surface area contributed by atoms with Crippen LogP contribution in [-0.2, 0) is 0 Å². The van der Waals surface area contributed by atoms with E-state index in [2.05, 4.69) is 27.5 Å². The number of aromatic amines is 1. The highest BCUT2D eigenvalue weighted by Crippen LogP contribution is 2.38. The summed E-state index contributed by atoms with van der Waals surface area (Å²) in [4.78, 5) is 14.2. The van der Waals surface area contributed by atoms with Gasteiger partial charge in [-0.05, 0) is 38.8 Å². The molecule has 0 spiro atoms. The molecule has 0 aliphatic heterocycles. The van der Waals surface area contributed by atoms with Crippen molar-refractivity contribution in [1.29, 1.82) is 0 Å². The molecule has 1 heterocycles. The molecule has 5 heteroatoms. The van der Waals surface area contributed by atoms with Gasteiger partial charge in [0.2, 0.25) is 0 Å². The average Bonchev–Trinajstić information content (AvgIpc) is 3.27. The van der Waals surface area contributed by atoms with Gasteiger partial charge in [-0.2, -0.15) is 5.10 Å². The maximum Gasteiger partial charge on any atom is 0.271 e. The summed E-state index contributed by atoms with van der Waals surface area (Å²) in [5, 5.41) is 9.95. The first kappa shape index (κ1) is 11.7. The monoisotopic (exact) mass is 248 g/mol. The van der Waals surface area contributed by atoms with E-state index in [0.29, 0.717) is 18.2 Å². The molecule has 2 saturated carbocycles. The minimum absolute atomic E-state index is 0.0673. The molecule has 1 aromatic heterocycles. The molecule has 0 radical (unpaired) electrons. The van der Waals surface area contributed by atoms with Crippen LogP contribution in [0.25, 0.3) is 0 Å². The van der Waals surface area contributed by atoms with Crippen molar-refractivity contribution in [2.75, 3.05) is 20.1 Å². The molecule has 0 atom stereocenters. The third-order valence-corrected chi connectivity index (χ3v) is 3.77. The van der Waals surface area contributed by atoms with Crippen molar-refractivity contribution in [2.45, 2.75) is 37.6 Å². The van der Waals surface area contributed by atoms with Crippen LogP contribution in [0.3, 0.4) is 0 Å². The molecule has 2 aliphatic carbocycles. The van der Waals surface area contributed by atoms with Gasteiger partial charge in [0.1, 0.15) is 5.69 Å². The highest BCUT2D eigenvalue weighted by molar-refractivity contribution is 5.92. The van der Waals surface area contributed by atoms with Crippen molar-refractivity contribution in [3.63, 3.8) is 0 Å². The second kappa shape index (κ2) is 4.72. The molecular formula is C13H20N4O. The molecular weight excluding hydrogens is 228 g/mol. The summed E-state index contributed by atoms with van der Waals surface area (Å²) in [6, 6.07) is 2.63. The quantitative estimate of drug-likeness (QED) is 0.793. The van der Waals surface area contributed by atoms with Crippen molar-refractivity contribution in [3.8, 4) is 0 Å². The van der Waals surface area contributed by atoms with Gasteiger partial charge in [-0.15, -0.1) is 0 Å². The van der Waals surface area contributed by atoms with E-state index in [4.69, 9.17) is 0 Å². The summed E-state index contributed by atoms with van der Waals surface area (Å²) in [6.45, 7) is 1.60. The number of likely N-dealkylation sites (N-methyl/N-ethyl adjacent to an activating group) is 1. The molecule has 18 heavy (non-hydrogen) atoms. The van der Waals surface area contributed by atoms with Crippen molar-refractivity contribution in [3.05, 3.63) is 17.5 Å². The smallest absolute Gasteiger partial charge is 0.271 e. The molecule has 1 aromatic rings. The SMILES string of the molecule is CN(CCNC(=O)c1cc(C2CC2)[nH]n1)C1CC1. The van der Waals surface area contributed by atoms with Gasteiger partial charge in [-0.3, -0.25) is 9.89 Å². The topological polar surface area (TPSA) is 61.0 Å². The minimum atomic E-state index is -0.0673. The Morgan fingerprint density at radius 3 is 2.94 bits per heavy atom. The lowest BCUT2D eigenvalue weighted by atomic mass is 10.2. The zero-order valence-electron chi connectivity index (χ0n) is 10.8. The van der Waals surface area contributed by atoms with Crippen LogP contribution in [0.5, 0.6) is 0 Å². The Balaban J connectivity index is 1.44. The van der Waals surface area contributed by atoms with Crippen LogP contribution in [0.2, 0.25) is 0 Å². The number of rotatable bonds is 6. The maximum absolute atomic E-state index is 11.9. The van der Waals surface area contributed by atoms with Crippen LogP contribution in [0, 0.1) is 0 Å². The zero-order valence-corrected chi connectivity index (χ0v) is 10.8. The Morgan fingerprint density at radius 2 is 2.28 bits per heavy atom. The van der Waals surface area contributed by atoms with Gasteiger partial charge in [-0.1, -0.05) is 0 Å². The fraction of sp³-hybridized carbons (Fsp3) is 0.692. The van der Waals surface area contributed by atoms with Crippen LogP contribution in [0.4, 0.5) is 0 Å². The molecule has 0 unspecified atom stereocenters. The van der Waals surface area contributed by atoms with Gasteiger partial charge in [0.25, 0.3) is 5.91 Å². The van der Waals surface area contributed by atoms with E-state index in [1.807, 2.05) is 6.07 Å². The Hall–Kier alpha value is -1.36. The first-order chi connectivity index (χ1) is 8.74. The Kier molecular flexibility index (Phi) is 3.07. The summed E-state index contributed by atoms with van der Waals surface area (Å²) in [7, 11) is 2.11. The Morgan fingerprint density at radius 1 is 1.50 bits per heavy atom. The van der Waals surface area contributed by atoms with E-state index in [0.717, 1.165) is 18.3 Å². The van der Waals surface area contributed by atoms with Crippen LogP contribution in [0.1, 0.15) is 47.8 Å². The first-order valence-corrected chi connectivity index (χ1v) is 6.78. The van der Waals surface area contributed by atoms with E-state index in [-0.39, 0.29) is 5.91 Å². The standard InChI is InChI=1S/C13H20N4O/c1-17(10-4-5-10)7-6-14-13(18)12-8-11(15-16-12)9-2-3-9/h8-10H,2-7H2,1H3,(H,14,18)(H,15,16). The third-order valence-electron chi connectivity index (χ3n) is 3.77. The number of amides is 1. The van der Waals surface area contributed by atoms with E-state index >= 15 is 0 Å². The molecule has 98 valence electrons. The molecule has 2 fully saturated rings. The van der Waals surface area contributed by atoms with Gasteiger partial charge in [0.15, 0.2) is 0 Å². The third kappa shape index (κ3) is 2.72. The van der Waals surface area contributed by atoms with Crippen LogP contribution in [0.15, 0.2) is 6.07 Å². The molecule has 5 nitrogen and oxygen atoms in total. The molecule has 0 bridgehead atoms. The fourth-order valence-electron chi connectivity index (χ4n) is 2.19. The highest BCUT2D eigenvalue weighted by Gasteiger charge is 2.27. The summed E-state index contributed by atoms with van der Waals surface area (Å²) in [5.41, 5.74) is 1.63. The molecule has 0 aromatic carbocycles. The number of hydrogen-bond donors (Lipinski definition) is 2. The lowest BCUT2D eigenvalue weighted by molar-refractivity contribution is 0.0944. The predicted octanol–water partition coefficient (Wildman–Crippen LogP) is 1.11. The van der Waals surface area contributed by atoms with Crippen LogP contribution in [-0.4, -0.2) is 47.2 Å². The Bertz CT molecular complexity index is 434. The van der Waals surface area contributed by atoms with Gasteiger partial charge in [0, 0.05) is 30.7 Å². The number of hydrogen-bond acceptors (Lipinski definition) is 3. The maximum atomic E-state index is 11.9. The zero-order chi connectivity index (χ0) is 12.5. The van der Waals surface area contributed by atoms with Crippen molar-refractivity contribution >= 4 is 5.91 Å². The van der Waals surface area contributed by atoms with Gasteiger partial charge in [-0.25, -0.2) is 0 Å². The molecule has 1 amide bonds. The summed E-state index contributed by atoms with van der Waals surface area (Å²) >= 11 is 0. The lowest BCUT2D eigenvalue weighted by Gasteiger charge is -2.15. The number of carbonyl (C=O) groups is 1. The number of carbonyl (C=O) groups excluding carboxylic acids is 1. The second-order valence-corrected chi connectivity index (χ2v) is 5.45. The number of H-pyrrole nitrogens is 1. The van der Waals surface area contributed by atoms with Gasteiger partial charge < -0.3 is 10.2 Å². The molecule has 3 rings (SSSR count). The van der Waals surface area contributed by atoms with Gasteiger partial charge in [0.05, 0.1) is 0 Å². The molecule has 2 aliphatic rings. The largest absolute Gasteiger partial charge is 0.349 e. The van der Waals surface area contributed by atoms with Crippen LogP contribution < -0.4 is 5.32 Å². The Labute approximate surface area is 107 Å². The van der Waals surface area contributed by atoms with Gasteiger partial charge >= 0.3 is 0 Å². The molecule has 0 saturated heterocycles. The second-order valence-electron chi connectivity index (χ2n) is 5.45. The first-order valence-electron chi connectivity index (χ1n) is 6.78. The van der Waals surface area contributed by atoms with E-state index in [1.54, 1.807) is 0 Å². The van der Waals surface area contributed by atoms with Crippen molar-refractivity contribution < 1.29 is 4.79 Å². The predicted molar refractivity (Wildman–Crippen MR) is 68.5 cm³/mol. The number of nitrogens with zero attached hydrogens (tertiary/aromatic N) is 2. The van der Waals surface area contributed by atoms with E-state index < -0.39 is 0 Å². The average molecular weight is 248 g/mol. The van der Waals surface area contributed by atoms with Crippen LogP contribution >= 0.6 is 0 Å². The summed E-state index contributed by atoms with van der Waals surface area (Å²) < 4.78 is 0. The lowest BCUT2D eigenvalue weighted by Crippen LogP contribution is -2.34. The van der Waals surface area contributed by atoms with Crippen molar-refractivity contribution in [2.24, 2.45) is 0 Å². The number of nitrogens with one attached hydrogen (secondary N) is 2. The normalized spacial score (nSPS) is 19.2. The van der Waals surface area contributed by atoms with E-state index in [9.17, 15) is 4.79 Å². The fourth-order valence-corrected chi connectivity index (χ4v) is 2.19. The van der Waals surface area contributed by atoms with E-state index in [1.165, 1.54) is 25.7 Å². The summed E-state index contributed by atoms with van der Waals surface area (Å²) in [6.07, 6.45) is 5.04. The highest BCUT2D eigenvalue weighted by atomic mass is 16.1. The number of aromatic nitrogens is 2.